The third-order valence-corrected chi connectivity index (χ3v) is 10.8. The molecule has 2 N–H and O–H groups in total. The first kappa shape index (κ1) is 23.6. The van der Waals surface area contributed by atoms with E-state index in [0.717, 1.165) is 56.5 Å². The Morgan fingerprint density at radius 2 is 1.80 bits per heavy atom. The Kier molecular flexibility index (Phi) is 6.02. The lowest BCUT2D eigenvalue weighted by Gasteiger charge is -2.34. The van der Waals surface area contributed by atoms with Crippen molar-refractivity contribution < 1.29 is 13.2 Å². The largest absolute Gasteiger partial charge is 0.351 e. The summed E-state index contributed by atoms with van der Waals surface area (Å²) in [4.78, 5) is 24.9. The van der Waals surface area contributed by atoms with E-state index in [0.29, 0.717) is 57.4 Å². The van der Waals surface area contributed by atoms with Gasteiger partial charge in [-0.25, -0.2) is 4.98 Å². The molecular weight excluding hydrogens is 466 g/mol. The molecule has 0 bridgehead atoms. The van der Waals surface area contributed by atoms with Crippen LogP contribution in [0.1, 0.15) is 63.9 Å². The maximum atomic E-state index is 13.4. The number of hydrogen-bond donors (Lipinski definition) is 2. The molecule has 2 atom stereocenters. The minimum Gasteiger partial charge on any atom is -0.351 e. The van der Waals surface area contributed by atoms with Crippen LogP contribution in [0.15, 0.2) is 6.20 Å². The average Bonchev–Trinajstić information content (AvgIpc) is 3.57. The van der Waals surface area contributed by atoms with E-state index < -0.39 is 10.2 Å². The van der Waals surface area contributed by atoms with Crippen LogP contribution in [0, 0.1) is 5.92 Å². The number of nitrogens with one attached hydrogen (secondary N) is 2. The summed E-state index contributed by atoms with van der Waals surface area (Å²) in [5, 5.41) is 6.72. The smallest absolute Gasteiger partial charge is 0.282 e. The molecule has 6 rings (SSSR count). The maximum absolute atomic E-state index is 13.4. The van der Waals surface area contributed by atoms with Crippen LogP contribution in [0.4, 0.5) is 11.8 Å². The first-order valence-electron chi connectivity index (χ1n) is 13.3. The molecule has 4 heterocycles. The van der Waals surface area contributed by atoms with E-state index in [1.54, 1.807) is 8.61 Å². The van der Waals surface area contributed by atoms with Crippen molar-refractivity contribution in [3.8, 4) is 0 Å². The van der Waals surface area contributed by atoms with Crippen molar-refractivity contribution in [2.45, 2.75) is 75.8 Å². The van der Waals surface area contributed by atoms with Crippen molar-refractivity contribution in [3.05, 3.63) is 11.8 Å². The summed E-state index contributed by atoms with van der Waals surface area (Å²) in [6, 6.07) is 0.336. The van der Waals surface area contributed by atoms with Gasteiger partial charge in [-0.1, -0.05) is 13.3 Å². The van der Waals surface area contributed by atoms with Gasteiger partial charge >= 0.3 is 0 Å². The van der Waals surface area contributed by atoms with Crippen LogP contribution in [-0.2, 0) is 20.4 Å². The Labute approximate surface area is 208 Å². The zero-order chi connectivity index (χ0) is 24.2. The highest BCUT2D eigenvalue weighted by atomic mass is 32.2. The highest BCUT2D eigenvalue weighted by Crippen LogP contribution is 2.58. The highest BCUT2D eigenvalue weighted by molar-refractivity contribution is 7.86. The fourth-order valence-corrected chi connectivity index (χ4v) is 8.14. The fourth-order valence-electron chi connectivity index (χ4n) is 6.46. The van der Waals surface area contributed by atoms with E-state index in [4.69, 9.17) is 4.98 Å². The molecule has 5 aliphatic rings. The quantitative estimate of drug-likeness (QED) is 0.626. The van der Waals surface area contributed by atoms with Crippen molar-refractivity contribution in [1.29, 1.82) is 0 Å². The molecule has 3 aliphatic heterocycles. The number of hydrogen-bond acceptors (Lipinski definition) is 7. The second-order valence-corrected chi connectivity index (χ2v) is 12.9. The molecule has 2 saturated carbocycles. The van der Waals surface area contributed by atoms with Gasteiger partial charge in [0.25, 0.3) is 10.2 Å². The van der Waals surface area contributed by atoms with Crippen LogP contribution < -0.4 is 15.5 Å². The van der Waals surface area contributed by atoms with Gasteiger partial charge in [0.05, 0.1) is 5.41 Å². The first-order chi connectivity index (χ1) is 16.9. The number of piperidine rings is 1. The van der Waals surface area contributed by atoms with Gasteiger partial charge in [0.2, 0.25) is 11.9 Å². The van der Waals surface area contributed by atoms with E-state index in [9.17, 15) is 13.2 Å². The van der Waals surface area contributed by atoms with E-state index in [1.165, 1.54) is 0 Å². The van der Waals surface area contributed by atoms with Crippen molar-refractivity contribution in [2.24, 2.45) is 5.92 Å². The van der Waals surface area contributed by atoms with Crippen LogP contribution in [0.3, 0.4) is 0 Å². The molecule has 192 valence electrons. The van der Waals surface area contributed by atoms with Crippen LogP contribution in [-0.4, -0.2) is 84.3 Å². The highest BCUT2D eigenvalue weighted by Gasteiger charge is 2.62. The van der Waals surface area contributed by atoms with E-state index in [-0.39, 0.29) is 23.4 Å². The lowest BCUT2D eigenvalue weighted by Crippen LogP contribution is -2.49. The Morgan fingerprint density at radius 1 is 1.03 bits per heavy atom. The van der Waals surface area contributed by atoms with Gasteiger partial charge in [-0.2, -0.15) is 22.0 Å². The molecule has 2 unspecified atom stereocenters. The number of carbonyl (C=O) groups is 1. The summed E-state index contributed by atoms with van der Waals surface area (Å²) in [5.41, 5.74) is 0.624. The number of carbonyl (C=O) groups excluding carboxylic acids is 1. The van der Waals surface area contributed by atoms with Crippen molar-refractivity contribution in [1.82, 2.24) is 23.9 Å². The molecule has 1 aromatic heterocycles. The third-order valence-electron chi connectivity index (χ3n) is 8.78. The molecule has 1 spiro atoms. The molecule has 0 aromatic carbocycles. The average molecular weight is 504 g/mol. The fraction of sp³-hybridized carbons (Fsp3) is 0.792. The number of anilines is 2. The van der Waals surface area contributed by atoms with Crippen LogP contribution in [0.25, 0.3) is 0 Å². The van der Waals surface area contributed by atoms with Crippen molar-refractivity contribution in [2.75, 3.05) is 49.5 Å². The monoisotopic (exact) mass is 503 g/mol. The topological polar surface area (TPSA) is 111 Å². The number of nitrogens with zero attached hydrogens (tertiary/aromatic N) is 5. The molecule has 0 radical (unpaired) electrons. The summed E-state index contributed by atoms with van der Waals surface area (Å²) < 4.78 is 29.5. The Morgan fingerprint density at radius 3 is 2.51 bits per heavy atom. The van der Waals surface area contributed by atoms with Crippen LogP contribution in [0.5, 0.6) is 0 Å². The molecule has 2 aliphatic carbocycles. The van der Waals surface area contributed by atoms with Crippen LogP contribution >= 0.6 is 0 Å². The molecule has 4 fully saturated rings. The van der Waals surface area contributed by atoms with E-state index >= 15 is 0 Å². The summed E-state index contributed by atoms with van der Waals surface area (Å²) >= 11 is 0. The number of fused-ring (bicyclic) bond motifs is 2. The molecule has 10 nitrogen and oxygen atoms in total. The van der Waals surface area contributed by atoms with Gasteiger partial charge in [0, 0.05) is 56.6 Å². The van der Waals surface area contributed by atoms with Gasteiger partial charge in [0.15, 0.2) is 0 Å². The van der Waals surface area contributed by atoms with Crippen molar-refractivity contribution >= 4 is 27.9 Å². The SMILES string of the molecule is CC1CCCC1N1C(=O)C2(CC2)c2cnc(NC3CCN(S(=O)(=O)N4CCCNCC4)CC3)nc21. The summed E-state index contributed by atoms with van der Waals surface area (Å²) in [7, 11) is -3.42. The Balaban J connectivity index is 1.14. The maximum Gasteiger partial charge on any atom is 0.282 e. The summed E-state index contributed by atoms with van der Waals surface area (Å²) in [6.07, 6.45) is 9.26. The molecule has 11 heteroatoms. The Bertz CT molecular complexity index is 1080. The molecular formula is C24H37N7O3S. The predicted octanol–water partition coefficient (Wildman–Crippen LogP) is 1.46. The normalized spacial score (nSPS) is 30.0. The standard InChI is InChI=1S/C24H37N7O3S/c1-17-4-2-5-20(17)31-21-19(24(8-9-24)22(31)32)16-26-23(28-21)27-18-6-13-30(14-7-18)35(33,34)29-12-3-10-25-11-15-29/h16-18,20,25H,2-15H2,1H3,(H,26,27,28). The van der Waals surface area contributed by atoms with Gasteiger partial charge < -0.3 is 10.6 Å². The minimum atomic E-state index is -3.42. The second kappa shape index (κ2) is 8.93. The zero-order valence-corrected chi connectivity index (χ0v) is 21.4. The lowest BCUT2D eigenvalue weighted by molar-refractivity contribution is -0.120. The number of aromatic nitrogens is 2. The lowest BCUT2D eigenvalue weighted by atomic mass is 10.0. The van der Waals surface area contributed by atoms with Gasteiger partial charge in [0.1, 0.15) is 5.82 Å². The zero-order valence-electron chi connectivity index (χ0n) is 20.6. The van der Waals surface area contributed by atoms with Gasteiger partial charge in [-0.05, 0) is 57.4 Å². The minimum absolute atomic E-state index is 0.108. The van der Waals surface area contributed by atoms with Gasteiger partial charge in [-0.3, -0.25) is 9.69 Å². The van der Waals surface area contributed by atoms with Gasteiger partial charge in [-0.15, -0.1) is 0 Å². The summed E-state index contributed by atoms with van der Waals surface area (Å²) in [5.74, 6) is 2.06. The molecule has 1 amide bonds. The van der Waals surface area contributed by atoms with Crippen LogP contribution in [0.2, 0.25) is 0 Å². The number of rotatable bonds is 5. The second-order valence-electron chi connectivity index (χ2n) is 11.0. The number of amides is 1. The molecule has 1 aromatic rings. The van der Waals surface area contributed by atoms with E-state index in [2.05, 4.69) is 22.5 Å². The van der Waals surface area contributed by atoms with E-state index in [1.807, 2.05) is 11.1 Å². The van der Waals surface area contributed by atoms with Crippen molar-refractivity contribution in [3.63, 3.8) is 0 Å². The predicted molar refractivity (Wildman–Crippen MR) is 133 cm³/mol. The molecule has 35 heavy (non-hydrogen) atoms. The summed E-state index contributed by atoms with van der Waals surface area (Å²) in [6.45, 7) is 5.89. The first-order valence-corrected chi connectivity index (χ1v) is 14.7. The Hall–Kier alpha value is -1.82. The molecule has 2 saturated heterocycles. The third kappa shape index (κ3) is 4.04.